The van der Waals surface area contributed by atoms with Gasteiger partial charge in [-0.05, 0) is 158 Å². The van der Waals surface area contributed by atoms with Crippen molar-refractivity contribution < 1.29 is 136 Å². The lowest BCUT2D eigenvalue weighted by molar-refractivity contribution is -0.125. The normalized spacial score (nSPS) is 17.5. The third-order valence-corrected chi connectivity index (χ3v) is 28.0. The van der Waals surface area contributed by atoms with Crippen molar-refractivity contribution in [3.05, 3.63) is 217 Å². The van der Waals surface area contributed by atoms with Crippen molar-refractivity contribution in [2.75, 3.05) is 43.9 Å². The summed E-state index contributed by atoms with van der Waals surface area (Å²) in [5, 5.41) is 50.2. The summed E-state index contributed by atoms with van der Waals surface area (Å²) in [5.74, 6) is -2.03. The molecule has 0 radical (unpaired) electrons. The van der Waals surface area contributed by atoms with Crippen LogP contribution < -0.4 is 30.4 Å². The Morgan fingerprint density at radius 2 is 0.638 bits per heavy atom. The Kier molecular flexibility index (Phi) is 25.1. The maximum atomic E-state index is 14.3. The van der Waals surface area contributed by atoms with Gasteiger partial charge in [-0.2, -0.15) is 20.4 Å². The van der Waals surface area contributed by atoms with E-state index in [1.165, 1.54) is 70.7 Å². The first-order chi connectivity index (χ1) is 58.5. The topological polar surface area (TPSA) is 386 Å². The zero-order valence-electron chi connectivity index (χ0n) is 69.1. The number of aliphatic hydroxyl groups is 3. The molecule has 0 aliphatic carbocycles. The predicted octanol–water partition coefficient (Wildman–Crippen LogP) is 20.9. The zero-order valence-corrected chi connectivity index (χ0v) is 75.6. The summed E-state index contributed by atoms with van der Waals surface area (Å²) >= 11 is 0. The third kappa shape index (κ3) is 22.1. The molecule has 130 heavy (non-hydrogen) atoms. The summed E-state index contributed by atoms with van der Waals surface area (Å²) in [6.07, 6.45) is 5.11. The number of anilines is 4. The number of aromatic nitrogens is 8. The molecule has 26 nitrogen and oxygen atoms in total. The number of halogens is 21. The van der Waals surface area contributed by atoms with Gasteiger partial charge in [0.15, 0.2) is 5.54 Å². The molecule has 0 aliphatic rings. The second-order valence-electron chi connectivity index (χ2n) is 30.3. The van der Waals surface area contributed by atoms with Crippen molar-refractivity contribution in [2.45, 2.75) is 134 Å². The van der Waals surface area contributed by atoms with Crippen molar-refractivity contribution >= 4 is 153 Å². The van der Waals surface area contributed by atoms with Gasteiger partial charge in [-0.15, -0.1) is 0 Å². The predicted molar refractivity (Wildman–Crippen MR) is 461 cm³/mol. The Morgan fingerprint density at radius 3 is 0.900 bits per heavy atom. The number of nitrogens with zero attached hydrogens (tertiary/aromatic N) is 8. The van der Waals surface area contributed by atoms with Gasteiger partial charge < -0.3 is 26.8 Å². The van der Waals surface area contributed by atoms with Gasteiger partial charge >= 0.3 is 40.9 Å². The van der Waals surface area contributed by atoms with Crippen LogP contribution >= 0.6 is 40.9 Å². The highest BCUT2D eigenvalue weighted by atomic mass is 32.5. The smallest absolute Gasteiger partial charge is 0.310 e. The molecule has 0 saturated carbocycles. The number of hydrogen-bond acceptors (Lipinski definition) is 17. The van der Waals surface area contributed by atoms with E-state index in [-0.39, 0.29) is 112 Å². The number of hydrogen-bond donors (Lipinski definition) is 9. The van der Waals surface area contributed by atoms with Gasteiger partial charge in [-0.1, -0.05) is 179 Å². The number of sulfonamides is 4. The van der Waals surface area contributed by atoms with Crippen LogP contribution in [0.4, 0.5) is 105 Å². The molecule has 7 atom stereocenters. The summed E-state index contributed by atoms with van der Waals surface area (Å²) < 4.78 is 385. The number of carbonyl (C=O) groups excluding carboxylic acids is 1. The van der Waals surface area contributed by atoms with Gasteiger partial charge in [0, 0.05) is 21.5 Å². The van der Waals surface area contributed by atoms with Gasteiger partial charge in [0.25, 0.3) is 0 Å². The third-order valence-electron chi connectivity index (χ3n) is 21.0. The molecule has 12 rings (SSSR count). The van der Waals surface area contributed by atoms with Gasteiger partial charge in [-0.3, -0.25) is 37.7 Å². The number of fused-ring (bicyclic) bond motifs is 4. The van der Waals surface area contributed by atoms with Crippen LogP contribution in [0.3, 0.4) is 0 Å². The Bertz CT molecular complexity index is 6670. The van der Waals surface area contributed by atoms with Crippen molar-refractivity contribution in [3.63, 3.8) is 0 Å². The van der Waals surface area contributed by atoms with Crippen LogP contribution in [0, 0.1) is 5.82 Å². The molecule has 4 aromatic heterocycles. The molecule has 722 valence electrons. The number of carbonyl (C=O) groups is 1. The number of aliphatic hydroxyl groups excluding tert-OH is 3. The Hall–Kier alpha value is -10.1. The van der Waals surface area contributed by atoms with Crippen LogP contribution in [0.15, 0.2) is 208 Å². The fourth-order valence-corrected chi connectivity index (χ4v) is 20.0. The maximum absolute atomic E-state index is 14.3. The van der Waals surface area contributed by atoms with Crippen molar-refractivity contribution in [1.82, 2.24) is 39.1 Å². The SMILES string of the molecule is CCC(C(N)=O)(c1ccc(S(F)(F)(F)(F)F)cc1)n1ncc2c(NS(C)(=O)=O)cc(F)cc21.CCC(O)C(CC)(c1ccc(S(F)(F)(F)(F)F)cc1)n1ncc2c(NS(C)(=O)=O)cccc21.CCC(c1ccc(S(F)(F)(F)(F)F)cc1)(C(C)O)n1ncc2c(NS(C)(=O)=O)cccc21.CCC(c1ccc(S(F)(F)(F)(F)F)cc1)(C(N)O)n1ncc2c(NS(C)(=O)=O)cccc21. The number of nitrogens with two attached hydrogens (primary N) is 2. The lowest BCUT2D eigenvalue weighted by Gasteiger charge is -2.42. The number of benzene rings is 8. The van der Waals surface area contributed by atoms with Gasteiger partial charge in [0.2, 0.25) is 46.0 Å². The maximum Gasteiger partial charge on any atom is 0.310 e. The van der Waals surface area contributed by atoms with E-state index in [0.717, 1.165) is 84.4 Å². The van der Waals surface area contributed by atoms with E-state index in [1.807, 2.05) is 0 Å². The first-order valence-electron chi connectivity index (χ1n) is 37.5. The second-order valence-corrected chi connectivity index (χ2v) is 46.9. The van der Waals surface area contributed by atoms with E-state index in [1.54, 1.807) is 58.0 Å². The van der Waals surface area contributed by atoms with E-state index in [0.29, 0.717) is 69.1 Å². The van der Waals surface area contributed by atoms with Crippen LogP contribution in [0.2, 0.25) is 0 Å². The first kappa shape index (κ1) is 104. The summed E-state index contributed by atoms with van der Waals surface area (Å²) in [5.41, 5.74) is 6.44. The van der Waals surface area contributed by atoms with E-state index in [9.17, 15) is 136 Å². The minimum Gasteiger partial charge on any atom is -0.391 e. The average molecular weight is 2030 g/mol. The number of primary amides is 1. The molecule has 0 fully saturated rings. The summed E-state index contributed by atoms with van der Waals surface area (Å²) in [6, 6.07) is 24.3. The fraction of sp³-hybridized carbons (Fsp3) is 0.293. The van der Waals surface area contributed by atoms with E-state index in [2.05, 4.69) is 39.3 Å². The van der Waals surface area contributed by atoms with E-state index in [4.69, 9.17) is 11.5 Å². The Labute approximate surface area is 729 Å². The molecule has 55 heteroatoms. The molecule has 0 bridgehead atoms. The van der Waals surface area contributed by atoms with E-state index >= 15 is 0 Å². The standard InChI is InChI=1S/C20H24F5N3O3S2.C19H22F5N3O3S2.C18H18F6N4O3S2.C18H21F5N4O3S2/c1-4-19(29)20(5-2,14-9-11-15(12-10-14)33(21,22,23,24)25)28-18-8-6-7-17(16(18)13-26-28)27-32(3,30)31;1-4-19(13(2)28,14-8-10-15(11-9-14)32(20,21,22,23)24)27-18-7-5-6-17(16(18)12-25-27)26-31(3,29)30;1-3-18(17(25)29,11-4-6-13(7-5-11)33(20,21,22,23)24)28-16-9-12(19)8-15(14(16)10-26-28)27-32(2,30)31;1-3-18(17(24)28,12-7-9-13(10-8-12)32(19,20,21,22)23)27-16-6-4-5-15(14(16)11-25-27)26-31(2,29)30/h6-13,19,27,29H,4-5H2,1-3H3;5-13,26,28H,4H2,1-3H3;4-10,27H,3H2,1-2H3,(H2,25,29);4-11,17,26,28H,3,24H2,1-2H3. The molecule has 12 aromatic rings. The van der Waals surface area contributed by atoms with Crippen LogP contribution in [0.25, 0.3) is 43.6 Å². The molecule has 0 aliphatic heterocycles. The second kappa shape index (κ2) is 31.5. The molecule has 1 amide bonds. The number of nitrogens with one attached hydrogen (secondary N) is 4. The number of rotatable bonds is 29. The first-order valence-corrected chi connectivity index (χ1v) is 52.8. The van der Waals surface area contributed by atoms with E-state index < -0.39 is 153 Å². The molecule has 7 unspecified atom stereocenters. The average Bonchev–Trinajstić information content (AvgIpc) is 1.14. The lowest BCUT2D eigenvalue weighted by atomic mass is 9.80. The monoisotopic (exact) mass is 2030 g/mol. The quantitative estimate of drug-likeness (QED) is 0.0155. The summed E-state index contributed by atoms with van der Waals surface area (Å²) in [4.78, 5) is 4.30. The highest BCUT2D eigenvalue weighted by Gasteiger charge is 2.68. The zero-order chi connectivity index (χ0) is 98.5. The van der Waals surface area contributed by atoms with Crippen molar-refractivity contribution in [3.8, 4) is 0 Å². The highest BCUT2D eigenvalue weighted by Crippen LogP contribution is 3.04. The largest absolute Gasteiger partial charge is 0.391 e. The van der Waals surface area contributed by atoms with Gasteiger partial charge in [-0.25, -0.2) is 42.7 Å². The summed E-state index contributed by atoms with van der Waals surface area (Å²) in [7, 11) is -54.3. The van der Waals surface area contributed by atoms with Crippen LogP contribution in [0.1, 0.15) is 95.9 Å². The van der Waals surface area contributed by atoms with Crippen LogP contribution in [-0.2, 0) is 67.0 Å². The molecular formula is C75H85F21N14O12S8. The number of amides is 1. The fourth-order valence-electron chi connectivity index (χ4n) is 15.1. The molecule has 4 heterocycles. The Morgan fingerprint density at radius 1 is 0.377 bits per heavy atom. The molecular weight excluding hydrogens is 1940 g/mol. The lowest BCUT2D eigenvalue weighted by Crippen LogP contribution is -2.51. The minimum absolute atomic E-state index is 0.00655. The van der Waals surface area contributed by atoms with Crippen LogP contribution in [-0.4, -0.2) is 137 Å². The van der Waals surface area contributed by atoms with Crippen molar-refractivity contribution in [2.24, 2.45) is 11.5 Å². The van der Waals surface area contributed by atoms with Gasteiger partial charge in [0.05, 0.1) is 107 Å². The van der Waals surface area contributed by atoms with Crippen LogP contribution in [0.5, 0.6) is 0 Å². The van der Waals surface area contributed by atoms with Gasteiger partial charge in [0.1, 0.15) is 48.2 Å². The molecule has 0 saturated heterocycles. The molecule has 11 N–H and O–H groups in total. The summed E-state index contributed by atoms with van der Waals surface area (Å²) in [6.45, 7) is 9.45. The Balaban J connectivity index is 0.000000195. The minimum atomic E-state index is -9.97. The molecule has 8 aromatic carbocycles. The van der Waals surface area contributed by atoms with Crippen molar-refractivity contribution in [1.29, 1.82) is 0 Å². The highest BCUT2D eigenvalue weighted by molar-refractivity contribution is 8.46. The molecule has 0 spiro atoms.